The maximum Gasteiger partial charge on any atom is 0.196 e. The summed E-state index contributed by atoms with van der Waals surface area (Å²) in [5.74, 6) is 0.788. The lowest BCUT2D eigenvalue weighted by Gasteiger charge is -2.27. The first-order valence-corrected chi connectivity index (χ1v) is 10.6. The Morgan fingerprint density at radius 2 is 1.93 bits per heavy atom. The number of carbonyl (C=O) groups is 1. The summed E-state index contributed by atoms with van der Waals surface area (Å²) in [6.45, 7) is 4.15. The summed E-state index contributed by atoms with van der Waals surface area (Å²) >= 11 is 1.65. The van der Waals surface area contributed by atoms with Crippen LogP contribution >= 0.6 is 11.3 Å². The molecule has 0 bridgehead atoms. The highest BCUT2D eigenvalue weighted by Gasteiger charge is 2.23. The number of morpholine rings is 1. The highest BCUT2D eigenvalue weighted by atomic mass is 32.1. The number of carbonyl (C=O) groups excluding carboxylic acids is 1. The van der Waals surface area contributed by atoms with Crippen LogP contribution in [-0.4, -0.2) is 58.2 Å². The summed E-state index contributed by atoms with van der Waals surface area (Å²) in [5.41, 5.74) is 2.51. The van der Waals surface area contributed by atoms with Gasteiger partial charge in [-0.05, 0) is 12.1 Å². The van der Waals surface area contributed by atoms with Gasteiger partial charge >= 0.3 is 0 Å². The van der Waals surface area contributed by atoms with Gasteiger partial charge in [0.25, 0.3) is 0 Å². The monoisotopic (exact) mass is 410 g/mol. The lowest BCUT2D eigenvalue weighted by Crippen LogP contribution is -2.35. The van der Waals surface area contributed by atoms with Crippen LogP contribution in [0.15, 0.2) is 42.5 Å². The maximum absolute atomic E-state index is 13.5. The molecule has 0 atom stereocenters. The molecule has 5 nitrogen and oxygen atoms in total. The number of ketones is 1. The highest BCUT2D eigenvalue weighted by Crippen LogP contribution is 2.39. The molecule has 0 radical (unpaired) electrons. The number of nitrogens with zero attached hydrogens (tertiary/aromatic N) is 2. The normalized spacial score (nSPS) is 14.9. The molecule has 29 heavy (non-hydrogen) atoms. The number of ether oxygens (including phenoxy) is 2. The lowest BCUT2D eigenvalue weighted by atomic mass is 9.99. The van der Waals surface area contributed by atoms with Gasteiger partial charge in [-0.25, -0.2) is 0 Å². The molecule has 2 aromatic carbocycles. The molecular formula is C23H26N2O3S. The van der Waals surface area contributed by atoms with Crippen LogP contribution in [0.4, 0.5) is 5.00 Å². The number of benzene rings is 2. The van der Waals surface area contributed by atoms with E-state index >= 15 is 0 Å². The van der Waals surface area contributed by atoms with E-state index in [9.17, 15) is 4.79 Å². The molecule has 1 aromatic heterocycles. The van der Waals surface area contributed by atoms with E-state index in [0.717, 1.165) is 64.8 Å². The molecule has 6 heteroatoms. The Balaban J connectivity index is 1.69. The van der Waals surface area contributed by atoms with Crippen molar-refractivity contribution in [2.24, 2.45) is 0 Å². The van der Waals surface area contributed by atoms with E-state index in [2.05, 4.69) is 11.0 Å². The van der Waals surface area contributed by atoms with Gasteiger partial charge in [-0.3, -0.25) is 9.69 Å². The van der Waals surface area contributed by atoms with Crippen molar-refractivity contribution in [2.45, 2.75) is 6.54 Å². The minimum absolute atomic E-state index is 0.0300. The Kier molecular flexibility index (Phi) is 5.85. The number of thiophene rings is 1. The average Bonchev–Trinajstić information content (AvgIpc) is 3.14. The molecule has 1 fully saturated rings. The summed E-state index contributed by atoms with van der Waals surface area (Å²) in [6.07, 6.45) is 0. The summed E-state index contributed by atoms with van der Waals surface area (Å²) in [6, 6.07) is 13.9. The van der Waals surface area contributed by atoms with Gasteiger partial charge in [0.1, 0.15) is 10.8 Å². The Labute approximate surface area is 175 Å². The molecular weight excluding hydrogens is 384 g/mol. The van der Waals surface area contributed by atoms with E-state index in [1.54, 1.807) is 18.4 Å². The molecule has 0 saturated carbocycles. The van der Waals surface area contributed by atoms with Gasteiger partial charge in [0, 0.05) is 54.9 Å². The first-order chi connectivity index (χ1) is 14.1. The van der Waals surface area contributed by atoms with Gasteiger partial charge in [0.15, 0.2) is 5.78 Å². The van der Waals surface area contributed by atoms with Crippen molar-refractivity contribution < 1.29 is 14.3 Å². The summed E-state index contributed by atoms with van der Waals surface area (Å²) in [7, 11) is 5.62. The number of anilines is 1. The third kappa shape index (κ3) is 4.01. The van der Waals surface area contributed by atoms with Crippen molar-refractivity contribution in [1.29, 1.82) is 0 Å². The first kappa shape index (κ1) is 19.9. The maximum atomic E-state index is 13.5. The molecule has 1 aliphatic heterocycles. The van der Waals surface area contributed by atoms with Crippen molar-refractivity contribution in [3.05, 3.63) is 59.2 Å². The van der Waals surface area contributed by atoms with Crippen LogP contribution in [0.25, 0.3) is 10.1 Å². The van der Waals surface area contributed by atoms with Crippen molar-refractivity contribution in [2.75, 3.05) is 52.4 Å². The molecule has 1 aliphatic rings. The standard InChI is InChI=1S/C23H26N2O3S/c1-24(2)23-21(18-6-4-5-7-20(18)29-23)22(26)16-8-9-17(19(14-16)27-3)15-25-10-12-28-13-11-25/h4-9,14H,10-13,15H2,1-3H3. The lowest BCUT2D eigenvalue weighted by molar-refractivity contribution is 0.0339. The fourth-order valence-corrected chi connectivity index (χ4v) is 4.85. The third-order valence-corrected chi connectivity index (χ3v) is 6.60. The molecule has 0 N–H and O–H groups in total. The van der Waals surface area contributed by atoms with Gasteiger partial charge < -0.3 is 14.4 Å². The quantitative estimate of drug-likeness (QED) is 0.574. The molecule has 3 aromatic rings. The predicted molar refractivity (Wildman–Crippen MR) is 119 cm³/mol. The van der Waals surface area contributed by atoms with Crippen molar-refractivity contribution in [1.82, 2.24) is 4.90 Å². The molecule has 0 aliphatic carbocycles. The molecule has 1 saturated heterocycles. The van der Waals surface area contributed by atoms with E-state index in [-0.39, 0.29) is 5.78 Å². The van der Waals surface area contributed by atoms with Crippen molar-refractivity contribution in [3.63, 3.8) is 0 Å². The van der Waals surface area contributed by atoms with Crippen LogP contribution in [0.2, 0.25) is 0 Å². The average molecular weight is 411 g/mol. The van der Waals surface area contributed by atoms with Gasteiger partial charge in [0.2, 0.25) is 0 Å². The van der Waals surface area contributed by atoms with Gasteiger partial charge in [0.05, 0.1) is 25.9 Å². The van der Waals surface area contributed by atoms with E-state index < -0.39 is 0 Å². The fourth-order valence-electron chi connectivity index (χ4n) is 3.73. The van der Waals surface area contributed by atoms with E-state index in [1.807, 2.05) is 55.4 Å². The number of hydrogen-bond acceptors (Lipinski definition) is 6. The molecule has 0 spiro atoms. The summed E-state index contributed by atoms with van der Waals surface area (Å²) < 4.78 is 12.2. The molecule has 0 amide bonds. The smallest absolute Gasteiger partial charge is 0.196 e. The second kappa shape index (κ2) is 8.53. The minimum atomic E-state index is 0.0300. The minimum Gasteiger partial charge on any atom is -0.496 e. The second-order valence-electron chi connectivity index (χ2n) is 7.42. The van der Waals surface area contributed by atoms with Crippen LogP contribution in [-0.2, 0) is 11.3 Å². The van der Waals surface area contributed by atoms with E-state index in [1.165, 1.54) is 0 Å². The molecule has 2 heterocycles. The molecule has 4 rings (SSSR count). The van der Waals surface area contributed by atoms with Crippen LogP contribution in [0.1, 0.15) is 21.5 Å². The Bertz CT molecular complexity index is 1020. The summed E-state index contributed by atoms with van der Waals surface area (Å²) in [4.78, 5) is 17.9. The van der Waals surface area contributed by atoms with Gasteiger partial charge in [-0.2, -0.15) is 0 Å². The topological polar surface area (TPSA) is 42.0 Å². The molecule has 0 unspecified atom stereocenters. The number of methoxy groups -OCH3 is 1. The van der Waals surface area contributed by atoms with Crippen LogP contribution in [0.5, 0.6) is 5.75 Å². The van der Waals surface area contributed by atoms with Crippen LogP contribution < -0.4 is 9.64 Å². The third-order valence-electron chi connectivity index (χ3n) is 5.26. The Morgan fingerprint density at radius 3 is 2.66 bits per heavy atom. The Morgan fingerprint density at radius 1 is 1.17 bits per heavy atom. The SMILES string of the molecule is COc1cc(C(=O)c2c(N(C)C)sc3ccccc23)ccc1CN1CCOCC1. The zero-order chi connectivity index (χ0) is 20.4. The van der Waals surface area contributed by atoms with Crippen LogP contribution in [0, 0.1) is 0 Å². The predicted octanol–water partition coefficient (Wildman–Crippen LogP) is 4.04. The van der Waals surface area contributed by atoms with Crippen molar-refractivity contribution >= 4 is 32.2 Å². The number of fused-ring (bicyclic) bond motifs is 1. The first-order valence-electron chi connectivity index (χ1n) is 9.79. The number of rotatable bonds is 6. The summed E-state index contributed by atoms with van der Waals surface area (Å²) in [5, 5.41) is 1.98. The zero-order valence-corrected chi connectivity index (χ0v) is 17.9. The largest absolute Gasteiger partial charge is 0.496 e. The number of hydrogen-bond donors (Lipinski definition) is 0. The van der Waals surface area contributed by atoms with Gasteiger partial charge in [-0.15, -0.1) is 11.3 Å². The zero-order valence-electron chi connectivity index (χ0n) is 17.1. The second-order valence-corrected chi connectivity index (χ2v) is 8.45. The fraction of sp³-hybridized carbons (Fsp3) is 0.348. The van der Waals surface area contributed by atoms with E-state index in [0.29, 0.717) is 5.56 Å². The Hall–Kier alpha value is -2.41. The van der Waals surface area contributed by atoms with Gasteiger partial charge in [-0.1, -0.05) is 30.3 Å². The highest BCUT2D eigenvalue weighted by molar-refractivity contribution is 7.23. The molecule has 152 valence electrons. The van der Waals surface area contributed by atoms with Crippen molar-refractivity contribution in [3.8, 4) is 5.75 Å². The van der Waals surface area contributed by atoms with E-state index in [4.69, 9.17) is 9.47 Å². The van der Waals surface area contributed by atoms with Crippen LogP contribution in [0.3, 0.4) is 0 Å².